The molecule has 2 unspecified atom stereocenters. The second-order valence-corrected chi connectivity index (χ2v) is 4.87. The Hall–Kier alpha value is -0.710. The number of carbonyl (C=O) groups is 1. The highest BCUT2D eigenvalue weighted by Gasteiger charge is 2.43. The Bertz CT molecular complexity index is 304. The molecule has 0 aliphatic heterocycles. The Morgan fingerprint density at radius 1 is 1.41 bits per heavy atom. The largest absolute Gasteiger partial charge is 0.391 e. The van der Waals surface area contributed by atoms with E-state index in [1.807, 2.05) is 0 Å². The van der Waals surface area contributed by atoms with Gasteiger partial charge in [-0.1, -0.05) is 24.6 Å². The summed E-state index contributed by atoms with van der Waals surface area (Å²) >= 11 is 5.47. The van der Waals surface area contributed by atoms with Crippen molar-refractivity contribution in [3.63, 3.8) is 0 Å². The number of alkyl halides is 3. The van der Waals surface area contributed by atoms with E-state index in [0.717, 1.165) is 0 Å². The first-order valence-electron chi connectivity index (χ1n) is 5.48. The van der Waals surface area contributed by atoms with Crippen molar-refractivity contribution in [2.45, 2.75) is 31.9 Å². The zero-order valence-electron chi connectivity index (χ0n) is 9.32. The van der Waals surface area contributed by atoms with Crippen LogP contribution in [0.5, 0.6) is 0 Å². The molecule has 0 bridgehead atoms. The SMILES string of the molecule is C=C(Cl)CNC(=O)C1CCCC(C(F)(F)F)C1. The van der Waals surface area contributed by atoms with Gasteiger partial charge >= 0.3 is 6.18 Å². The van der Waals surface area contributed by atoms with Crippen molar-refractivity contribution in [1.29, 1.82) is 0 Å². The molecule has 0 aromatic rings. The first-order valence-corrected chi connectivity index (χ1v) is 5.86. The summed E-state index contributed by atoms with van der Waals surface area (Å²) in [6, 6.07) is 0. The predicted molar refractivity (Wildman–Crippen MR) is 59.5 cm³/mol. The number of nitrogens with one attached hydrogen (secondary N) is 1. The van der Waals surface area contributed by atoms with E-state index < -0.39 is 18.0 Å². The first-order chi connectivity index (χ1) is 7.80. The Balaban J connectivity index is 2.49. The molecule has 1 fully saturated rings. The molecular weight excluding hydrogens is 255 g/mol. The molecule has 1 rings (SSSR count). The number of hydrogen-bond donors (Lipinski definition) is 1. The van der Waals surface area contributed by atoms with E-state index in [4.69, 9.17) is 11.6 Å². The average Bonchev–Trinajstić information content (AvgIpc) is 2.25. The molecule has 6 heteroatoms. The van der Waals surface area contributed by atoms with Gasteiger partial charge in [-0.05, 0) is 19.3 Å². The lowest BCUT2D eigenvalue weighted by molar-refractivity contribution is -0.186. The van der Waals surface area contributed by atoms with Crippen molar-refractivity contribution in [1.82, 2.24) is 5.32 Å². The van der Waals surface area contributed by atoms with E-state index in [-0.39, 0.29) is 30.3 Å². The second-order valence-electron chi connectivity index (χ2n) is 4.34. The lowest BCUT2D eigenvalue weighted by Crippen LogP contribution is -2.37. The Kier molecular flexibility index (Phi) is 4.86. The van der Waals surface area contributed by atoms with Gasteiger partial charge in [0.1, 0.15) is 0 Å². The minimum atomic E-state index is -4.20. The van der Waals surface area contributed by atoms with Crippen LogP contribution in [0.3, 0.4) is 0 Å². The van der Waals surface area contributed by atoms with Crippen molar-refractivity contribution < 1.29 is 18.0 Å². The minimum Gasteiger partial charge on any atom is -0.351 e. The second kappa shape index (κ2) is 5.76. The van der Waals surface area contributed by atoms with Crippen LogP contribution < -0.4 is 5.32 Å². The van der Waals surface area contributed by atoms with Gasteiger partial charge in [0, 0.05) is 11.0 Å². The van der Waals surface area contributed by atoms with Gasteiger partial charge < -0.3 is 5.32 Å². The van der Waals surface area contributed by atoms with Crippen molar-refractivity contribution in [3.8, 4) is 0 Å². The van der Waals surface area contributed by atoms with Gasteiger partial charge in [-0.25, -0.2) is 0 Å². The standard InChI is InChI=1S/C11H15ClF3NO/c1-7(12)6-16-10(17)8-3-2-4-9(5-8)11(13,14)15/h8-9H,1-6H2,(H,16,17). The van der Waals surface area contributed by atoms with Gasteiger partial charge in [0.15, 0.2) is 0 Å². The highest BCUT2D eigenvalue weighted by molar-refractivity contribution is 6.29. The molecule has 0 spiro atoms. The van der Waals surface area contributed by atoms with Crippen LogP contribution in [0.25, 0.3) is 0 Å². The number of hydrogen-bond acceptors (Lipinski definition) is 1. The first kappa shape index (κ1) is 14.4. The molecule has 0 heterocycles. The normalized spacial score (nSPS) is 25.4. The summed E-state index contributed by atoms with van der Waals surface area (Å²) < 4.78 is 37.6. The summed E-state index contributed by atoms with van der Waals surface area (Å²) in [5.41, 5.74) is 0. The molecule has 0 aromatic carbocycles. The van der Waals surface area contributed by atoms with Gasteiger partial charge in [0.25, 0.3) is 0 Å². The molecular formula is C11H15ClF3NO. The molecule has 1 saturated carbocycles. The fourth-order valence-electron chi connectivity index (χ4n) is 2.05. The monoisotopic (exact) mass is 269 g/mol. The fourth-order valence-corrected chi connectivity index (χ4v) is 2.12. The lowest BCUT2D eigenvalue weighted by atomic mass is 9.80. The van der Waals surface area contributed by atoms with Crippen LogP contribution >= 0.6 is 11.6 Å². The summed E-state index contributed by atoms with van der Waals surface area (Å²) in [6.07, 6.45) is -3.26. The van der Waals surface area contributed by atoms with Crippen LogP contribution in [-0.4, -0.2) is 18.6 Å². The van der Waals surface area contributed by atoms with Crippen LogP contribution in [0.1, 0.15) is 25.7 Å². The molecule has 2 nitrogen and oxygen atoms in total. The summed E-state index contributed by atoms with van der Waals surface area (Å²) in [6.45, 7) is 3.50. The van der Waals surface area contributed by atoms with Crippen molar-refractivity contribution >= 4 is 17.5 Å². The number of amides is 1. The number of halogens is 4. The third kappa shape index (κ3) is 4.58. The highest BCUT2D eigenvalue weighted by atomic mass is 35.5. The molecule has 0 radical (unpaired) electrons. The minimum absolute atomic E-state index is 0.105. The molecule has 1 amide bonds. The molecule has 1 N–H and O–H groups in total. The highest BCUT2D eigenvalue weighted by Crippen LogP contribution is 2.39. The van der Waals surface area contributed by atoms with Crippen molar-refractivity contribution in [3.05, 3.63) is 11.6 Å². The smallest absolute Gasteiger partial charge is 0.351 e. The maximum absolute atomic E-state index is 12.5. The van der Waals surface area contributed by atoms with E-state index in [1.165, 1.54) is 0 Å². The molecule has 1 aliphatic carbocycles. The van der Waals surface area contributed by atoms with E-state index in [1.54, 1.807) is 0 Å². The summed E-state index contributed by atoms with van der Waals surface area (Å²) in [5, 5.41) is 2.75. The zero-order chi connectivity index (χ0) is 13.1. The average molecular weight is 270 g/mol. The van der Waals surface area contributed by atoms with E-state index in [0.29, 0.717) is 12.8 Å². The van der Waals surface area contributed by atoms with Crippen LogP contribution in [0.15, 0.2) is 11.6 Å². The van der Waals surface area contributed by atoms with E-state index in [2.05, 4.69) is 11.9 Å². The quantitative estimate of drug-likeness (QED) is 0.837. The lowest BCUT2D eigenvalue weighted by Gasteiger charge is -2.29. The maximum atomic E-state index is 12.5. The Morgan fingerprint density at radius 3 is 2.59 bits per heavy atom. The molecule has 0 saturated heterocycles. The third-order valence-electron chi connectivity index (χ3n) is 2.96. The predicted octanol–water partition coefficient (Wildman–Crippen LogP) is 3.22. The van der Waals surface area contributed by atoms with Crippen LogP contribution in [0, 0.1) is 11.8 Å². The fraction of sp³-hybridized carbons (Fsp3) is 0.727. The number of rotatable bonds is 3. The summed E-state index contributed by atoms with van der Waals surface area (Å²) in [5.74, 6) is -2.28. The molecule has 2 atom stereocenters. The molecule has 0 aromatic heterocycles. The van der Waals surface area contributed by atoms with Crippen LogP contribution in [0.4, 0.5) is 13.2 Å². The van der Waals surface area contributed by atoms with Gasteiger partial charge in [-0.3, -0.25) is 4.79 Å². The van der Waals surface area contributed by atoms with E-state index >= 15 is 0 Å². The summed E-state index contributed by atoms with van der Waals surface area (Å²) in [7, 11) is 0. The topological polar surface area (TPSA) is 29.1 Å². The van der Waals surface area contributed by atoms with Crippen LogP contribution in [0.2, 0.25) is 0 Å². The summed E-state index contributed by atoms with van der Waals surface area (Å²) in [4.78, 5) is 11.6. The zero-order valence-corrected chi connectivity index (χ0v) is 10.1. The van der Waals surface area contributed by atoms with E-state index in [9.17, 15) is 18.0 Å². The van der Waals surface area contributed by atoms with Gasteiger partial charge in [0.05, 0.1) is 12.5 Å². The van der Waals surface area contributed by atoms with Crippen molar-refractivity contribution in [2.75, 3.05) is 6.54 Å². The maximum Gasteiger partial charge on any atom is 0.391 e. The van der Waals surface area contributed by atoms with Crippen molar-refractivity contribution in [2.24, 2.45) is 11.8 Å². The Labute approximate surface area is 103 Å². The van der Waals surface area contributed by atoms with Gasteiger partial charge in [-0.2, -0.15) is 13.2 Å². The number of carbonyl (C=O) groups excluding carboxylic acids is 1. The molecule has 1 aliphatic rings. The van der Waals surface area contributed by atoms with Gasteiger partial charge in [-0.15, -0.1) is 0 Å². The third-order valence-corrected chi connectivity index (χ3v) is 3.10. The molecule has 98 valence electrons. The Morgan fingerprint density at radius 2 is 2.06 bits per heavy atom. The van der Waals surface area contributed by atoms with Crippen LogP contribution in [-0.2, 0) is 4.79 Å². The van der Waals surface area contributed by atoms with Gasteiger partial charge in [0.2, 0.25) is 5.91 Å². The molecule has 17 heavy (non-hydrogen) atoms.